The highest BCUT2D eigenvalue weighted by molar-refractivity contribution is 5.78. The van der Waals surface area contributed by atoms with Crippen molar-refractivity contribution in [2.24, 2.45) is 11.8 Å². The number of carbonyl (C=O) groups is 2. The first kappa shape index (κ1) is 17.8. The van der Waals surface area contributed by atoms with E-state index in [9.17, 15) is 22.8 Å². The van der Waals surface area contributed by atoms with E-state index >= 15 is 0 Å². The van der Waals surface area contributed by atoms with Gasteiger partial charge in [-0.05, 0) is 32.6 Å². The summed E-state index contributed by atoms with van der Waals surface area (Å²) < 4.78 is 42.7. The quantitative estimate of drug-likeness (QED) is 0.606. The average Bonchev–Trinajstić information content (AvgIpc) is 2.43. The molecular weight excluding hydrogens is 287 g/mol. The van der Waals surface area contributed by atoms with E-state index in [1.54, 1.807) is 6.92 Å². The van der Waals surface area contributed by atoms with Crippen molar-refractivity contribution < 1.29 is 27.5 Å². The number of amides is 1. The summed E-state index contributed by atoms with van der Waals surface area (Å²) in [5.41, 5.74) is 0. The van der Waals surface area contributed by atoms with Gasteiger partial charge in [0.25, 0.3) is 0 Å². The molecule has 0 aromatic rings. The molecule has 1 fully saturated rings. The number of hydrogen-bond acceptors (Lipinski definition) is 3. The SMILES string of the molecule is CCOC(=O)CCCNC(=O)C1CCCC(C(F)(F)F)C1. The van der Waals surface area contributed by atoms with Crippen molar-refractivity contribution in [1.29, 1.82) is 0 Å². The van der Waals surface area contributed by atoms with Crippen molar-refractivity contribution in [1.82, 2.24) is 5.32 Å². The Morgan fingerprint density at radius 2 is 2.00 bits per heavy atom. The summed E-state index contributed by atoms with van der Waals surface area (Å²) in [5.74, 6) is -2.62. The van der Waals surface area contributed by atoms with E-state index in [0.29, 0.717) is 25.9 Å². The third-order valence-electron chi connectivity index (χ3n) is 3.67. The molecule has 0 radical (unpaired) electrons. The minimum absolute atomic E-state index is 0.107. The Morgan fingerprint density at radius 3 is 2.62 bits per heavy atom. The molecule has 1 aliphatic carbocycles. The van der Waals surface area contributed by atoms with Crippen LogP contribution in [-0.2, 0) is 14.3 Å². The number of alkyl halides is 3. The van der Waals surface area contributed by atoms with Gasteiger partial charge >= 0.3 is 12.1 Å². The molecule has 0 aliphatic heterocycles. The van der Waals surface area contributed by atoms with Crippen LogP contribution < -0.4 is 5.32 Å². The zero-order chi connectivity index (χ0) is 15.9. The number of nitrogens with one attached hydrogen (secondary N) is 1. The number of ether oxygens (including phenoxy) is 1. The van der Waals surface area contributed by atoms with Gasteiger partial charge in [-0.2, -0.15) is 13.2 Å². The van der Waals surface area contributed by atoms with Crippen LogP contribution >= 0.6 is 0 Å². The molecule has 7 heteroatoms. The van der Waals surface area contributed by atoms with Gasteiger partial charge in [0.1, 0.15) is 0 Å². The molecule has 2 atom stereocenters. The van der Waals surface area contributed by atoms with Crippen LogP contribution in [0, 0.1) is 11.8 Å². The van der Waals surface area contributed by atoms with Crippen LogP contribution in [0.1, 0.15) is 45.4 Å². The van der Waals surface area contributed by atoms with Gasteiger partial charge in [-0.3, -0.25) is 9.59 Å². The molecule has 1 amide bonds. The van der Waals surface area contributed by atoms with Crippen LogP contribution in [0.2, 0.25) is 0 Å². The van der Waals surface area contributed by atoms with Crippen LogP contribution in [0.4, 0.5) is 13.2 Å². The molecule has 0 aromatic carbocycles. The second-order valence-electron chi connectivity index (χ2n) is 5.30. The van der Waals surface area contributed by atoms with E-state index < -0.39 is 18.0 Å². The standard InChI is InChI=1S/C14H22F3NO3/c1-2-21-12(19)7-4-8-18-13(20)10-5-3-6-11(9-10)14(15,16)17/h10-11H,2-9H2,1H3,(H,18,20). The Labute approximate surface area is 122 Å². The molecule has 1 aliphatic rings. The fraction of sp³-hybridized carbons (Fsp3) is 0.857. The highest BCUT2D eigenvalue weighted by atomic mass is 19.4. The number of hydrogen-bond donors (Lipinski definition) is 1. The number of carbonyl (C=O) groups excluding carboxylic acids is 2. The minimum atomic E-state index is -4.22. The molecule has 21 heavy (non-hydrogen) atoms. The Balaban J connectivity index is 2.27. The van der Waals surface area contributed by atoms with Gasteiger partial charge in [0, 0.05) is 18.9 Å². The largest absolute Gasteiger partial charge is 0.466 e. The van der Waals surface area contributed by atoms with Gasteiger partial charge in [0.2, 0.25) is 5.91 Å². The fourth-order valence-electron chi connectivity index (χ4n) is 2.55. The number of esters is 1. The minimum Gasteiger partial charge on any atom is -0.466 e. The van der Waals surface area contributed by atoms with E-state index in [-0.39, 0.29) is 37.7 Å². The van der Waals surface area contributed by atoms with Crippen molar-refractivity contribution in [2.75, 3.05) is 13.2 Å². The topological polar surface area (TPSA) is 55.4 Å². The van der Waals surface area contributed by atoms with Crippen molar-refractivity contribution in [3.63, 3.8) is 0 Å². The summed E-state index contributed by atoms with van der Waals surface area (Å²) in [5, 5.41) is 2.61. The second kappa shape index (κ2) is 8.24. The molecule has 0 spiro atoms. The predicted octanol–water partition coefficient (Wildman–Crippen LogP) is 2.81. The summed E-state index contributed by atoms with van der Waals surface area (Å²) in [4.78, 5) is 22.9. The number of rotatable bonds is 6. The lowest BCUT2D eigenvalue weighted by Gasteiger charge is -2.29. The maximum absolute atomic E-state index is 12.7. The normalized spacial score (nSPS) is 22.7. The Morgan fingerprint density at radius 1 is 1.29 bits per heavy atom. The second-order valence-corrected chi connectivity index (χ2v) is 5.30. The van der Waals surface area contributed by atoms with Gasteiger partial charge in [-0.25, -0.2) is 0 Å². The Kier molecular flexibility index (Phi) is 6.98. The van der Waals surface area contributed by atoms with Crippen molar-refractivity contribution >= 4 is 11.9 Å². The summed E-state index contributed by atoms with van der Waals surface area (Å²) in [6.07, 6.45) is -2.70. The molecule has 1 rings (SSSR count). The van der Waals surface area contributed by atoms with Crippen LogP contribution in [0.25, 0.3) is 0 Å². The van der Waals surface area contributed by atoms with E-state index in [0.717, 1.165) is 0 Å². The summed E-state index contributed by atoms with van der Waals surface area (Å²) in [7, 11) is 0. The third kappa shape index (κ3) is 6.35. The molecule has 4 nitrogen and oxygen atoms in total. The lowest BCUT2D eigenvalue weighted by molar-refractivity contribution is -0.186. The van der Waals surface area contributed by atoms with Crippen LogP contribution in [0.5, 0.6) is 0 Å². The molecule has 1 N–H and O–H groups in total. The molecule has 0 bridgehead atoms. The van der Waals surface area contributed by atoms with Crippen molar-refractivity contribution in [2.45, 2.75) is 51.6 Å². The highest BCUT2D eigenvalue weighted by Gasteiger charge is 2.43. The zero-order valence-electron chi connectivity index (χ0n) is 12.2. The van der Waals surface area contributed by atoms with Crippen LogP contribution in [0.3, 0.4) is 0 Å². The molecule has 122 valence electrons. The first-order chi connectivity index (χ1) is 9.84. The van der Waals surface area contributed by atoms with E-state index in [2.05, 4.69) is 5.32 Å². The van der Waals surface area contributed by atoms with Gasteiger partial charge in [-0.15, -0.1) is 0 Å². The Hall–Kier alpha value is -1.27. The average molecular weight is 309 g/mol. The molecule has 2 unspecified atom stereocenters. The van der Waals surface area contributed by atoms with Gasteiger partial charge in [0.05, 0.1) is 12.5 Å². The molecule has 1 saturated carbocycles. The lowest BCUT2D eigenvalue weighted by Crippen LogP contribution is -2.37. The van der Waals surface area contributed by atoms with Crippen molar-refractivity contribution in [3.8, 4) is 0 Å². The Bertz CT molecular complexity index is 358. The number of halogens is 3. The summed E-state index contributed by atoms with van der Waals surface area (Å²) in [6, 6.07) is 0. The fourth-order valence-corrected chi connectivity index (χ4v) is 2.55. The first-order valence-electron chi connectivity index (χ1n) is 7.34. The lowest BCUT2D eigenvalue weighted by atomic mass is 9.80. The molecule has 0 aromatic heterocycles. The summed E-state index contributed by atoms with van der Waals surface area (Å²) >= 11 is 0. The van der Waals surface area contributed by atoms with E-state index in [1.807, 2.05) is 0 Å². The predicted molar refractivity (Wildman–Crippen MR) is 70.4 cm³/mol. The van der Waals surface area contributed by atoms with Crippen molar-refractivity contribution in [3.05, 3.63) is 0 Å². The molecule has 0 saturated heterocycles. The third-order valence-corrected chi connectivity index (χ3v) is 3.67. The first-order valence-corrected chi connectivity index (χ1v) is 7.34. The monoisotopic (exact) mass is 309 g/mol. The zero-order valence-corrected chi connectivity index (χ0v) is 12.2. The molecule has 0 heterocycles. The van der Waals surface area contributed by atoms with E-state index in [4.69, 9.17) is 4.74 Å². The van der Waals surface area contributed by atoms with Gasteiger partial charge in [0.15, 0.2) is 0 Å². The maximum atomic E-state index is 12.7. The van der Waals surface area contributed by atoms with Gasteiger partial charge < -0.3 is 10.1 Å². The summed E-state index contributed by atoms with van der Waals surface area (Å²) in [6.45, 7) is 2.30. The van der Waals surface area contributed by atoms with Gasteiger partial charge in [-0.1, -0.05) is 6.42 Å². The van der Waals surface area contributed by atoms with Crippen LogP contribution in [0.15, 0.2) is 0 Å². The molecular formula is C14H22F3NO3. The van der Waals surface area contributed by atoms with Crippen LogP contribution in [-0.4, -0.2) is 31.2 Å². The highest BCUT2D eigenvalue weighted by Crippen LogP contribution is 2.39. The maximum Gasteiger partial charge on any atom is 0.391 e. The smallest absolute Gasteiger partial charge is 0.391 e. The van der Waals surface area contributed by atoms with E-state index in [1.165, 1.54) is 0 Å².